The van der Waals surface area contributed by atoms with Crippen LogP contribution in [0, 0.1) is 5.82 Å². The summed E-state index contributed by atoms with van der Waals surface area (Å²) in [5.74, 6) is -0.540. The maximum atomic E-state index is 13.0. The first kappa shape index (κ1) is 17.2. The fraction of sp³-hybridized carbons (Fsp3) is 0.235. The minimum atomic E-state index is -0.400. The van der Waals surface area contributed by atoms with E-state index in [1.54, 1.807) is 6.07 Å². The van der Waals surface area contributed by atoms with E-state index in [0.29, 0.717) is 22.0 Å². The quantitative estimate of drug-likeness (QED) is 0.776. The third kappa shape index (κ3) is 4.05. The number of carbonyl (C=O) groups is 1. The van der Waals surface area contributed by atoms with Gasteiger partial charge < -0.3 is 5.32 Å². The summed E-state index contributed by atoms with van der Waals surface area (Å²) in [6, 6.07) is 11.3. The Morgan fingerprint density at radius 1 is 1.17 bits per heavy atom. The fourth-order valence-electron chi connectivity index (χ4n) is 2.61. The highest BCUT2D eigenvalue weighted by Crippen LogP contribution is 2.24. The Morgan fingerprint density at radius 3 is 2.62 bits per heavy atom. The normalized spacial score (nSPS) is 20.1. The lowest BCUT2D eigenvalue weighted by Crippen LogP contribution is -2.42. The molecular weight excluding hydrogens is 352 g/mol. The molecule has 3 rings (SSSR count). The van der Waals surface area contributed by atoms with Gasteiger partial charge in [-0.3, -0.25) is 4.79 Å². The van der Waals surface area contributed by atoms with Gasteiger partial charge in [-0.2, -0.15) is 0 Å². The molecule has 1 amide bonds. The summed E-state index contributed by atoms with van der Waals surface area (Å²) >= 11 is 11.8. The highest BCUT2D eigenvalue weighted by Gasteiger charge is 2.29. The zero-order valence-electron chi connectivity index (χ0n) is 12.7. The molecule has 0 bridgehead atoms. The van der Waals surface area contributed by atoms with E-state index in [1.807, 2.05) is 24.3 Å². The molecule has 0 spiro atoms. The molecule has 1 aliphatic rings. The van der Waals surface area contributed by atoms with Gasteiger partial charge in [-0.1, -0.05) is 41.4 Å². The molecule has 126 valence electrons. The highest BCUT2D eigenvalue weighted by atomic mass is 35.5. The maximum Gasteiger partial charge on any atom is 0.238 e. The third-order valence-corrected chi connectivity index (χ3v) is 4.56. The number of hydrazine groups is 1. The van der Waals surface area contributed by atoms with Crippen molar-refractivity contribution < 1.29 is 9.18 Å². The van der Waals surface area contributed by atoms with Crippen molar-refractivity contribution in [1.82, 2.24) is 16.2 Å². The number of carbonyl (C=O) groups excluding carboxylic acids is 1. The first-order chi connectivity index (χ1) is 11.5. The van der Waals surface area contributed by atoms with Crippen LogP contribution in [0.3, 0.4) is 0 Å². The third-order valence-electron chi connectivity index (χ3n) is 3.96. The summed E-state index contributed by atoms with van der Waals surface area (Å²) in [6.45, 7) is 0.252. The van der Waals surface area contributed by atoms with Crippen LogP contribution in [0.5, 0.6) is 0 Å². The van der Waals surface area contributed by atoms with Crippen LogP contribution in [0.15, 0.2) is 42.5 Å². The van der Waals surface area contributed by atoms with Crippen molar-refractivity contribution in [2.45, 2.75) is 25.0 Å². The number of halogens is 3. The minimum absolute atomic E-state index is 0.0347. The van der Waals surface area contributed by atoms with Crippen molar-refractivity contribution in [3.63, 3.8) is 0 Å². The molecule has 7 heteroatoms. The molecule has 2 aromatic carbocycles. The van der Waals surface area contributed by atoms with Crippen LogP contribution in [0.2, 0.25) is 10.0 Å². The summed E-state index contributed by atoms with van der Waals surface area (Å²) in [6.07, 6.45) is 0.616. The van der Waals surface area contributed by atoms with Gasteiger partial charge in [0, 0.05) is 22.6 Å². The van der Waals surface area contributed by atoms with E-state index in [4.69, 9.17) is 23.2 Å². The molecule has 4 nitrogen and oxygen atoms in total. The van der Waals surface area contributed by atoms with Crippen LogP contribution in [0.1, 0.15) is 23.6 Å². The molecule has 1 aliphatic heterocycles. The lowest BCUT2D eigenvalue weighted by molar-refractivity contribution is -0.123. The number of nitrogens with one attached hydrogen (secondary N) is 3. The SMILES string of the molecule is O=C(NCc1ccc(F)cc1Cl)C1CC(c2ccc(Cl)cc2)NN1. The van der Waals surface area contributed by atoms with E-state index in [9.17, 15) is 9.18 Å². The molecule has 1 heterocycles. The number of benzene rings is 2. The molecule has 2 aromatic rings. The second kappa shape index (κ2) is 7.49. The molecule has 24 heavy (non-hydrogen) atoms. The topological polar surface area (TPSA) is 53.2 Å². The summed E-state index contributed by atoms with van der Waals surface area (Å²) in [5.41, 5.74) is 7.83. The number of amides is 1. The van der Waals surface area contributed by atoms with Gasteiger partial charge in [0.1, 0.15) is 11.9 Å². The molecule has 1 saturated heterocycles. The van der Waals surface area contributed by atoms with Gasteiger partial charge in [0.15, 0.2) is 0 Å². The van der Waals surface area contributed by atoms with Crippen molar-refractivity contribution >= 4 is 29.1 Å². The van der Waals surface area contributed by atoms with Crippen LogP contribution in [0.4, 0.5) is 4.39 Å². The smallest absolute Gasteiger partial charge is 0.238 e. The Hall–Kier alpha value is -1.66. The van der Waals surface area contributed by atoms with E-state index in [2.05, 4.69) is 16.2 Å². The van der Waals surface area contributed by atoms with Crippen LogP contribution in [-0.4, -0.2) is 11.9 Å². The average molecular weight is 368 g/mol. The van der Waals surface area contributed by atoms with E-state index >= 15 is 0 Å². The maximum absolute atomic E-state index is 13.0. The number of hydrogen-bond donors (Lipinski definition) is 3. The van der Waals surface area contributed by atoms with Gasteiger partial charge in [-0.25, -0.2) is 15.2 Å². The largest absolute Gasteiger partial charge is 0.351 e. The molecule has 1 fully saturated rings. The van der Waals surface area contributed by atoms with Crippen molar-refractivity contribution in [1.29, 1.82) is 0 Å². The van der Waals surface area contributed by atoms with Gasteiger partial charge in [0.2, 0.25) is 5.91 Å². The monoisotopic (exact) mass is 367 g/mol. The second-order valence-corrected chi connectivity index (χ2v) is 6.48. The van der Waals surface area contributed by atoms with Crippen LogP contribution in [0.25, 0.3) is 0 Å². The number of rotatable bonds is 4. The zero-order valence-corrected chi connectivity index (χ0v) is 14.2. The van der Waals surface area contributed by atoms with E-state index in [1.165, 1.54) is 12.1 Å². The Labute approximate surface area is 149 Å². The predicted octanol–water partition coefficient (Wildman–Crippen LogP) is 3.36. The first-order valence-electron chi connectivity index (χ1n) is 7.51. The van der Waals surface area contributed by atoms with Crippen molar-refractivity contribution in [2.75, 3.05) is 0 Å². The molecule has 2 atom stereocenters. The molecule has 2 unspecified atom stereocenters. The standard InChI is InChI=1S/C17H16Cl2FN3O/c18-12-4-1-10(2-5-12)15-8-16(23-22-15)17(24)21-9-11-3-6-13(20)7-14(11)19/h1-7,15-16,22-23H,8-9H2,(H,21,24). The molecule has 0 radical (unpaired) electrons. The Kier molecular flexibility index (Phi) is 5.36. The highest BCUT2D eigenvalue weighted by molar-refractivity contribution is 6.31. The van der Waals surface area contributed by atoms with Crippen LogP contribution in [-0.2, 0) is 11.3 Å². The predicted molar refractivity (Wildman–Crippen MR) is 92.1 cm³/mol. The average Bonchev–Trinajstić information content (AvgIpc) is 3.04. The van der Waals surface area contributed by atoms with Crippen LogP contribution < -0.4 is 16.2 Å². The van der Waals surface area contributed by atoms with Crippen molar-refractivity contribution in [3.05, 3.63) is 69.5 Å². The Balaban J connectivity index is 1.55. The van der Waals surface area contributed by atoms with Crippen LogP contribution >= 0.6 is 23.2 Å². The lowest BCUT2D eigenvalue weighted by atomic mass is 10.0. The fourth-order valence-corrected chi connectivity index (χ4v) is 2.97. The Bertz CT molecular complexity index is 739. The summed E-state index contributed by atoms with van der Waals surface area (Å²) in [7, 11) is 0. The van der Waals surface area contributed by atoms with Gasteiger partial charge in [0.05, 0.1) is 0 Å². The van der Waals surface area contributed by atoms with Crippen molar-refractivity contribution in [2.24, 2.45) is 0 Å². The zero-order chi connectivity index (χ0) is 17.1. The van der Waals surface area contributed by atoms with Crippen molar-refractivity contribution in [3.8, 4) is 0 Å². The summed E-state index contributed by atoms with van der Waals surface area (Å²) in [5, 5.41) is 3.79. The van der Waals surface area contributed by atoms with Gasteiger partial charge in [0.25, 0.3) is 0 Å². The molecule has 0 aliphatic carbocycles. The molecule has 3 N–H and O–H groups in total. The minimum Gasteiger partial charge on any atom is -0.351 e. The summed E-state index contributed by atoms with van der Waals surface area (Å²) < 4.78 is 13.0. The first-order valence-corrected chi connectivity index (χ1v) is 8.26. The van der Waals surface area contributed by atoms with Gasteiger partial charge in [-0.15, -0.1) is 0 Å². The lowest BCUT2D eigenvalue weighted by Gasteiger charge is -2.11. The van der Waals surface area contributed by atoms with E-state index < -0.39 is 5.82 Å². The second-order valence-electron chi connectivity index (χ2n) is 5.63. The molecule has 0 aromatic heterocycles. The molecular formula is C17H16Cl2FN3O. The van der Waals surface area contributed by atoms with E-state index in [0.717, 1.165) is 5.56 Å². The van der Waals surface area contributed by atoms with Gasteiger partial charge in [-0.05, 0) is 41.8 Å². The summed E-state index contributed by atoms with van der Waals surface area (Å²) in [4.78, 5) is 12.3. The molecule has 0 saturated carbocycles. The Morgan fingerprint density at radius 2 is 1.92 bits per heavy atom. The van der Waals surface area contributed by atoms with E-state index in [-0.39, 0.29) is 24.5 Å². The van der Waals surface area contributed by atoms with Gasteiger partial charge >= 0.3 is 0 Å². The number of hydrogen-bond acceptors (Lipinski definition) is 3.